The van der Waals surface area contributed by atoms with Crippen molar-refractivity contribution in [3.8, 4) is 0 Å². The smallest absolute Gasteiger partial charge is 0.308 e. The van der Waals surface area contributed by atoms with Gasteiger partial charge in [-0.1, -0.05) is 15.9 Å². The summed E-state index contributed by atoms with van der Waals surface area (Å²) in [6.07, 6.45) is -2.75. The van der Waals surface area contributed by atoms with E-state index >= 15 is 0 Å². The lowest BCUT2D eigenvalue weighted by atomic mass is 10.0. The molecule has 1 aromatic carbocycles. The van der Waals surface area contributed by atoms with Crippen LogP contribution in [0.4, 0.5) is 13.2 Å². The first-order valence-electron chi connectivity index (χ1n) is 5.86. The highest BCUT2D eigenvalue weighted by Crippen LogP contribution is 2.35. The number of nitrogens with one attached hydrogen (secondary N) is 1. The SMILES string of the molecule is CNC(c1cc(C(F)(F)F)ccc1Br)c1ccnn1C. The largest absolute Gasteiger partial charge is 0.416 e. The molecule has 3 nitrogen and oxygen atoms in total. The zero-order valence-electron chi connectivity index (χ0n) is 10.9. The number of benzene rings is 1. The van der Waals surface area contributed by atoms with E-state index < -0.39 is 11.7 Å². The second-order valence-electron chi connectivity index (χ2n) is 4.34. The molecular weight excluding hydrogens is 335 g/mol. The Bertz CT molecular complexity index is 607. The molecule has 0 saturated carbocycles. The molecule has 108 valence electrons. The van der Waals surface area contributed by atoms with Gasteiger partial charge in [0.1, 0.15) is 0 Å². The summed E-state index contributed by atoms with van der Waals surface area (Å²) in [5.74, 6) is 0. The van der Waals surface area contributed by atoms with Gasteiger partial charge in [0.05, 0.1) is 17.3 Å². The van der Waals surface area contributed by atoms with Crippen molar-refractivity contribution in [2.75, 3.05) is 7.05 Å². The van der Waals surface area contributed by atoms with Gasteiger partial charge in [-0.25, -0.2) is 0 Å². The first kappa shape index (κ1) is 15.1. The molecule has 0 aliphatic heterocycles. The molecule has 0 amide bonds. The molecule has 1 aromatic heterocycles. The van der Waals surface area contributed by atoms with E-state index in [-0.39, 0.29) is 6.04 Å². The summed E-state index contributed by atoms with van der Waals surface area (Å²) in [6, 6.07) is 5.02. The van der Waals surface area contributed by atoms with E-state index in [9.17, 15) is 13.2 Å². The fourth-order valence-electron chi connectivity index (χ4n) is 2.07. The van der Waals surface area contributed by atoms with Gasteiger partial charge in [-0.15, -0.1) is 0 Å². The normalized spacial score (nSPS) is 13.5. The fraction of sp³-hybridized carbons (Fsp3) is 0.308. The Morgan fingerprint density at radius 3 is 2.50 bits per heavy atom. The number of hydrogen-bond acceptors (Lipinski definition) is 2. The average molecular weight is 348 g/mol. The molecule has 0 saturated heterocycles. The van der Waals surface area contributed by atoms with Gasteiger partial charge in [0.15, 0.2) is 0 Å². The molecule has 0 bridgehead atoms. The zero-order valence-corrected chi connectivity index (χ0v) is 12.5. The summed E-state index contributed by atoms with van der Waals surface area (Å²) in [6.45, 7) is 0. The van der Waals surface area contributed by atoms with Crippen LogP contribution in [0, 0.1) is 0 Å². The second kappa shape index (κ2) is 5.57. The standard InChI is InChI=1S/C13H13BrF3N3/c1-18-12(11-5-6-19-20(11)2)9-7-8(13(15,16)17)3-4-10(9)14/h3-7,12,18H,1-2H3. The van der Waals surface area contributed by atoms with E-state index in [0.717, 1.165) is 17.8 Å². The second-order valence-corrected chi connectivity index (χ2v) is 5.19. The van der Waals surface area contributed by atoms with E-state index in [2.05, 4.69) is 26.3 Å². The summed E-state index contributed by atoms with van der Waals surface area (Å²) in [4.78, 5) is 0. The molecule has 1 unspecified atom stereocenters. The zero-order chi connectivity index (χ0) is 14.9. The third kappa shape index (κ3) is 2.88. The number of alkyl halides is 3. The molecule has 1 N–H and O–H groups in total. The van der Waals surface area contributed by atoms with Crippen LogP contribution in [0.2, 0.25) is 0 Å². The molecule has 2 rings (SSSR count). The summed E-state index contributed by atoms with van der Waals surface area (Å²) in [7, 11) is 3.45. The van der Waals surface area contributed by atoms with E-state index in [1.165, 1.54) is 6.07 Å². The molecular formula is C13H13BrF3N3. The van der Waals surface area contributed by atoms with Crippen molar-refractivity contribution in [2.45, 2.75) is 12.2 Å². The van der Waals surface area contributed by atoms with Crippen molar-refractivity contribution in [3.05, 3.63) is 51.8 Å². The third-order valence-electron chi connectivity index (χ3n) is 3.08. The lowest BCUT2D eigenvalue weighted by Crippen LogP contribution is -2.21. The lowest BCUT2D eigenvalue weighted by molar-refractivity contribution is -0.137. The van der Waals surface area contributed by atoms with Crippen LogP contribution in [-0.4, -0.2) is 16.8 Å². The van der Waals surface area contributed by atoms with Crippen LogP contribution in [0.5, 0.6) is 0 Å². The van der Waals surface area contributed by atoms with Crippen molar-refractivity contribution in [3.63, 3.8) is 0 Å². The Kier molecular flexibility index (Phi) is 4.19. The summed E-state index contributed by atoms with van der Waals surface area (Å²) < 4.78 is 40.8. The van der Waals surface area contributed by atoms with Crippen LogP contribution in [0.3, 0.4) is 0 Å². The Labute approximate surface area is 122 Å². The van der Waals surface area contributed by atoms with Crippen molar-refractivity contribution >= 4 is 15.9 Å². The molecule has 1 atom stereocenters. The van der Waals surface area contributed by atoms with Crippen LogP contribution in [0.1, 0.15) is 22.9 Å². The number of hydrogen-bond donors (Lipinski definition) is 1. The van der Waals surface area contributed by atoms with Crippen molar-refractivity contribution in [1.82, 2.24) is 15.1 Å². The maximum absolute atomic E-state index is 12.8. The van der Waals surface area contributed by atoms with Crippen molar-refractivity contribution < 1.29 is 13.2 Å². The molecule has 0 aliphatic rings. The maximum Gasteiger partial charge on any atom is 0.416 e. The average Bonchev–Trinajstić information content (AvgIpc) is 2.78. The van der Waals surface area contributed by atoms with E-state index in [4.69, 9.17) is 0 Å². The van der Waals surface area contributed by atoms with Gasteiger partial charge < -0.3 is 5.32 Å². The van der Waals surface area contributed by atoms with E-state index in [1.54, 1.807) is 31.0 Å². The van der Waals surface area contributed by atoms with Crippen LogP contribution in [-0.2, 0) is 13.2 Å². The number of aromatic nitrogens is 2. The van der Waals surface area contributed by atoms with Crippen LogP contribution in [0.15, 0.2) is 34.9 Å². The Balaban J connectivity index is 2.52. The number of rotatable bonds is 3. The molecule has 0 radical (unpaired) electrons. The molecule has 7 heteroatoms. The Morgan fingerprint density at radius 1 is 1.30 bits per heavy atom. The van der Waals surface area contributed by atoms with E-state index in [1.807, 2.05) is 0 Å². The minimum absolute atomic E-state index is 0.376. The molecule has 2 aromatic rings. The minimum Gasteiger partial charge on any atom is -0.308 e. The topological polar surface area (TPSA) is 29.9 Å². The van der Waals surface area contributed by atoms with E-state index in [0.29, 0.717) is 10.0 Å². The predicted molar refractivity (Wildman–Crippen MR) is 73.3 cm³/mol. The summed E-state index contributed by atoms with van der Waals surface area (Å²) >= 11 is 3.31. The van der Waals surface area contributed by atoms with Crippen LogP contribution < -0.4 is 5.32 Å². The molecule has 0 aliphatic carbocycles. The fourth-order valence-corrected chi connectivity index (χ4v) is 2.55. The highest BCUT2D eigenvalue weighted by atomic mass is 79.9. The molecule has 20 heavy (non-hydrogen) atoms. The minimum atomic E-state index is -4.36. The van der Waals surface area contributed by atoms with Gasteiger partial charge in [-0.05, 0) is 36.9 Å². The van der Waals surface area contributed by atoms with Crippen molar-refractivity contribution in [2.24, 2.45) is 7.05 Å². The van der Waals surface area contributed by atoms with Gasteiger partial charge in [-0.2, -0.15) is 18.3 Å². The first-order valence-corrected chi connectivity index (χ1v) is 6.65. The Hall–Kier alpha value is -1.34. The molecule has 0 spiro atoms. The predicted octanol–water partition coefficient (Wildman–Crippen LogP) is 3.51. The van der Waals surface area contributed by atoms with Crippen LogP contribution in [0.25, 0.3) is 0 Å². The van der Waals surface area contributed by atoms with Gasteiger partial charge in [0.2, 0.25) is 0 Å². The quantitative estimate of drug-likeness (QED) is 0.920. The van der Waals surface area contributed by atoms with Gasteiger partial charge in [-0.3, -0.25) is 4.68 Å². The number of nitrogens with zero attached hydrogens (tertiary/aromatic N) is 2. The van der Waals surface area contributed by atoms with Crippen molar-refractivity contribution in [1.29, 1.82) is 0 Å². The third-order valence-corrected chi connectivity index (χ3v) is 3.80. The number of halogens is 4. The van der Waals surface area contributed by atoms with Gasteiger partial charge in [0, 0.05) is 17.7 Å². The maximum atomic E-state index is 12.8. The number of aryl methyl sites for hydroxylation is 1. The first-order chi connectivity index (χ1) is 9.34. The van der Waals surface area contributed by atoms with Gasteiger partial charge >= 0.3 is 6.18 Å². The van der Waals surface area contributed by atoms with Crippen LogP contribution >= 0.6 is 15.9 Å². The molecule has 0 fully saturated rings. The highest BCUT2D eigenvalue weighted by molar-refractivity contribution is 9.10. The lowest BCUT2D eigenvalue weighted by Gasteiger charge is -2.20. The monoisotopic (exact) mass is 347 g/mol. The molecule has 1 heterocycles. The summed E-state index contributed by atoms with van der Waals surface area (Å²) in [5, 5.41) is 7.07. The summed E-state index contributed by atoms with van der Waals surface area (Å²) in [5.41, 5.74) is 0.636. The van der Waals surface area contributed by atoms with Gasteiger partial charge in [0.25, 0.3) is 0 Å². The highest BCUT2D eigenvalue weighted by Gasteiger charge is 2.32. The Morgan fingerprint density at radius 2 is 2.00 bits per heavy atom.